The first-order valence-corrected chi connectivity index (χ1v) is 11.4. The monoisotopic (exact) mass is 501 g/mol. The lowest BCUT2D eigenvalue weighted by molar-refractivity contribution is -0.170. The van der Waals surface area contributed by atoms with Gasteiger partial charge in [-0.15, -0.1) is 5.92 Å². The minimum Gasteiger partial charge on any atom is -0.490 e. The van der Waals surface area contributed by atoms with Gasteiger partial charge in [-0.3, -0.25) is 0 Å². The summed E-state index contributed by atoms with van der Waals surface area (Å²) >= 11 is 0. The fourth-order valence-corrected chi connectivity index (χ4v) is 3.71. The molecule has 0 saturated heterocycles. The van der Waals surface area contributed by atoms with Crippen LogP contribution in [0.5, 0.6) is 5.75 Å². The minimum atomic E-state index is -3.80. The van der Waals surface area contributed by atoms with Crippen molar-refractivity contribution in [3.05, 3.63) is 58.7 Å². The number of benzene rings is 2. The Balaban J connectivity index is 2.06. The van der Waals surface area contributed by atoms with Gasteiger partial charge < -0.3 is 19.9 Å². The average Bonchev–Trinajstić information content (AvgIpc) is 2.79. The van der Waals surface area contributed by atoms with Crippen molar-refractivity contribution < 1.29 is 27.8 Å². The molecule has 0 fully saturated rings. The zero-order chi connectivity index (χ0) is 26.7. The third kappa shape index (κ3) is 5.55. The number of alkyl halides is 2. The van der Waals surface area contributed by atoms with Crippen molar-refractivity contribution in [3.63, 3.8) is 0 Å². The first-order chi connectivity index (χ1) is 16.9. The highest BCUT2D eigenvalue weighted by Gasteiger charge is 2.49. The Kier molecular flexibility index (Phi) is 8.12. The maximum absolute atomic E-state index is 15.3. The molecule has 6 nitrogen and oxygen atoms in total. The lowest BCUT2D eigenvalue weighted by Crippen LogP contribution is -2.41. The van der Waals surface area contributed by atoms with Crippen molar-refractivity contribution in [1.82, 2.24) is 9.97 Å². The Morgan fingerprint density at radius 1 is 1.17 bits per heavy atom. The minimum absolute atomic E-state index is 0.00544. The van der Waals surface area contributed by atoms with Crippen LogP contribution in [0.2, 0.25) is 0 Å². The van der Waals surface area contributed by atoms with E-state index in [1.165, 1.54) is 12.1 Å². The standard InChI is InChI=1S/C27H30F3N3O3/c1-7-9-18-14-22-20(15-23(18)36-13-12-35-6)25(33-17(3)32-22)31-16(2)19-10-8-11-21(24(19)28)27(29,30)26(4,5)34/h8,10-11,14-16,34H,12-13H2,1-6H3,(H,31,32,33). The number of aryl methyl sites for hydroxylation is 1. The van der Waals surface area contributed by atoms with Crippen LogP contribution in [0.25, 0.3) is 10.9 Å². The van der Waals surface area contributed by atoms with Crippen LogP contribution in [0.1, 0.15) is 56.3 Å². The highest BCUT2D eigenvalue weighted by atomic mass is 19.3. The number of aromatic nitrogens is 2. The number of hydrogen-bond donors (Lipinski definition) is 2. The fourth-order valence-electron chi connectivity index (χ4n) is 3.71. The first kappa shape index (κ1) is 27.2. The van der Waals surface area contributed by atoms with Crippen molar-refractivity contribution in [2.75, 3.05) is 25.6 Å². The van der Waals surface area contributed by atoms with E-state index in [-0.39, 0.29) is 5.56 Å². The summed E-state index contributed by atoms with van der Waals surface area (Å²) < 4.78 is 55.7. The van der Waals surface area contributed by atoms with E-state index >= 15 is 4.39 Å². The van der Waals surface area contributed by atoms with Gasteiger partial charge in [0.1, 0.15) is 35.4 Å². The molecule has 0 amide bonds. The zero-order valence-electron chi connectivity index (χ0n) is 21.2. The molecule has 2 aromatic carbocycles. The summed E-state index contributed by atoms with van der Waals surface area (Å²) in [6.07, 6.45) is 0. The highest BCUT2D eigenvalue weighted by molar-refractivity contribution is 5.92. The maximum atomic E-state index is 15.3. The van der Waals surface area contributed by atoms with Crippen molar-refractivity contribution in [2.45, 2.75) is 52.2 Å². The summed E-state index contributed by atoms with van der Waals surface area (Å²) in [7, 11) is 1.57. The van der Waals surface area contributed by atoms with Gasteiger partial charge in [-0.25, -0.2) is 14.4 Å². The Morgan fingerprint density at radius 3 is 2.53 bits per heavy atom. The molecule has 1 heterocycles. The molecule has 2 N–H and O–H groups in total. The second-order valence-electron chi connectivity index (χ2n) is 8.91. The predicted molar refractivity (Wildman–Crippen MR) is 133 cm³/mol. The van der Waals surface area contributed by atoms with E-state index in [1.54, 1.807) is 40.0 Å². The summed E-state index contributed by atoms with van der Waals surface area (Å²) in [6, 6.07) is 6.52. The topological polar surface area (TPSA) is 76.5 Å². The van der Waals surface area contributed by atoms with E-state index < -0.39 is 28.9 Å². The number of rotatable bonds is 9. The normalized spacial score (nSPS) is 12.7. The van der Waals surface area contributed by atoms with E-state index in [0.29, 0.717) is 47.1 Å². The van der Waals surface area contributed by atoms with Gasteiger partial charge in [-0.05, 0) is 52.8 Å². The van der Waals surface area contributed by atoms with Crippen LogP contribution in [-0.2, 0) is 10.7 Å². The number of methoxy groups -OCH3 is 1. The molecule has 3 rings (SSSR count). The highest BCUT2D eigenvalue weighted by Crippen LogP contribution is 2.41. The van der Waals surface area contributed by atoms with Crippen molar-refractivity contribution in [1.29, 1.82) is 0 Å². The number of hydrogen-bond acceptors (Lipinski definition) is 6. The van der Waals surface area contributed by atoms with Crippen LogP contribution in [0.3, 0.4) is 0 Å². The fraction of sp³-hybridized carbons (Fsp3) is 0.407. The third-order valence-corrected chi connectivity index (χ3v) is 5.67. The SMILES string of the molecule is CC#Cc1cc2nc(C)nc(NC(C)c3cccc(C(F)(F)C(C)(C)O)c3F)c2cc1OCCOC. The van der Waals surface area contributed by atoms with Crippen LogP contribution >= 0.6 is 0 Å². The lowest BCUT2D eigenvalue weighted by Gasteiger charge is -2.30. The predicted octanol–water partition coefficient (Wildman–Crippen LogP) is 5.51. The van der Waals surface area contributed by atoms with Crippen LogP contribution in [0.4, 0.5) is 19.0 Å². The molecule has 1 atom stereocenters. The Hall–Kier alpha value is -3.35. The molecule has 9 heteroatoms. The summed E-state index contributed by atoms with van der Waals surface area (Å²) in [5.41, 5.74) is -2.07. The van der Waals surface area contributed by atoms with E-state index in [0.717, 1.165) is 19.9 Å². The number of nitrogens with one attached hydrogen (secondary N) is 1. The molecule has 1 unspecified atom stereocenters. The molecule has 36 heavy (non-hydrogen) atoms. The van der Waals surface area contributed by atoms with E-state index in [4.69, 9.17) is 9.47 Å². The van der Waals surface area contributed by atoms with Gasteiger partial charge in [0, 0.05) is 18.1 Å². The largest absolute Gasteiger partial charge is 0.490 e. The van der Waals surface area contributed by atoms with Crippen molar-refractivity contribution >= 4 is 16.7 Å². The third-order valence-electron chi connectivity index (χ3n) is 5.67. The van der Waals surface area contributed by atoms with Gasteiger partial charge in [0.15, 0.2) is 0 Å². The molecule has 3 aromatic rings. The van der Waals surface area contributed by atoms with Crippen LogP contribution in [-0.4, -0.2) is 41.0 Å². The average molecular weight is 502 g/mol. The number of ether oxygens (including phenoxy) is 2. The van der Waals surface area contributed by atoms with Crippen LogP contribution in [0, 0.1) is 24.6 Å². The molecule has 0 spiro atoms. The number of aliphatic hydroxyl groups is 1. The Labute approximate surface area is 208 Å². The van der Waals surface area contributed by atoms with Crippen molar-refractivity contribution in [2.24, 2.45) is 0 Å². The van der Waals surface area contributed by atoms with Crippen molar-refractivity contribution in [3.8, 4) is 17.6 Å². The Bertz CT molecular complexity index is 1310. The van der Waals surface area contributed by atoms with Gasteiger partial charge in [0.25, 0.3) is 0 Å². The van der Waals surface area contributed by atoms with Gasteiger partial charge >= 0.3 is 5.92 Å². The summed E-state index contributed by atoms with van der Waals surface area (Å²) in [5, 5.41) is 13.7. The number of fused-ring (bicyclic) bond motifs is 1. The number of anilines is 1. The molecule has 1 aromatic heterocycles. The quantitative estimate of drug-likeness (QED) is 0.298. The zero-order valence-corrected chi connectivity index (χ0v) is 21.2. The van der Waals surface area contributed by atoms with E-state index in [1.807, 2.05) is 0 Å². The molecular weight excluding hydrogens is 471 g/mol. The second kappa shape index (κ2) is 10.7. The molecule has 0 aliphatic carbocycles. The summed E-state index contributed by atoms with van der Waals surface area (Å²) in [4.78, 5) is 8.96. The molecule has 192 valence electrons. The van der Waals surface area contributed by atoms with Crippen LogP contribution < -0.4 is 10.1 Å². The van der Waals surface area contributed by atoms with E-state index in [9.17, 15) is 13.9 Å². The molecular formula is C27H30F3N3O3. The molecule has 0 bridgehead atoms. The van der Waals surface area contributed by atoms with Gasteiger partial charge in [-0.1, -0.05) is 18.1 Å². The molecule has 0 aliphatic heterocycles. The number of nitrogens with zero attached hydrogens (tertiary/aromatic N) is 2. The maximum Gasteiger partial charge on any atom is 0.303 e. The molecule has 0 aliphatic rings. The van der Waals surface area contributed by atoms with Gasteiger partial charge in [0.2, 0.25) is 0 Å². The van der Waals surface area contributed by atoms with Gasteiger partial charge in [-0.2, -0.15) is 8.78 Å². The summed E-state index contributed by atoms with van der Waals surface area (Å²) in [6.45, 7) is 7.65. The smallest absolute Gasteiger partial charge is 0.303 e. The van der Waals surface area contributed by atoms with E-state index in [2.05, 4.69) is 27.1 Å². The summed E-state index contributed by atoms with van der Waals surface area (Å²) in [5.74, 6) is 2.33. The molecule has 0 radical (unpaired) electrons. The Morgan fingerprint density at radius 2 is 1.89 bits per heavy atom. The molecule has 0 saturated carbocycles. The van der Waals surface area contributed by atoms with Gasteiger partial charge in [0.05, 0.1) is 29.3 Å². The lowest BCUT2D eigenvalue weighted by atomic mass is 9.91. The van der Waals surface area contributed by atoms with Crippen LogP contribution in [0.15, 0.2) is 30.3 Å². The second-order valence-corrected chi connectivity index (χ2v) is 8.91. The number of halogens is 3. The first-order valence-electron chi connectivity index (χ1n) is 11.4.